The number of para-hydroxylation sites is 1. The molecule has 0 spiro atoms. The van der Waals surface area contributed by atoms with Crippen LogP contribution in [0.2, 0.25) is 0 Å². The van der Waals surface area contributed by atoms with Gasteiger partial charge in [0.15, 0.2) is 6.20 Å². The maximum Gasteiger partial charge on any atom is 0.262 e. The molecular formula is C40H44F2NO+. The normalized spacial score (nSPS) is 21.4. The molecule has 3 aromatic carbocycles. The number of aryl methyl sites for hydroxylation is 2. The lowest BCUT2D eigenvalue weighted by Crippen LogP contribution is -2.63. The van der Waals surface area contributed by atoms with E-state index in [1.807, 2.05) is 45.3 Å². The first kappa shape index (κ1) is 28.0. The summed E-state index contributed by atoms with van der Waals surface area (Å²) in [5.74, 6) is -3.88. The summed E-state index contributed by atoms with van der Waals surface area (Å²) < 4.78 is 52.3. The highest BCUT2D eigenvalue weighted by molar-refractivity contribution is 6.13. The molecule has 0 bridgehead atoms. The van der Waals surface area contributed by atoms with Crippen LogP contribution in [-0.4, -0.2) is 5.92 Å². The molecule has 0 atom stereocenters. The fraction of sp³-hybridized carbons (Fsp3) is 0.425. The van der Waals surface area contributed by atoms with Crippen molar-refractivity contribution in [3.63, 3.8) is 0 Å². The third-order valence-electron chi connectivity index (χ3n) is 11.7. The van der Waals surface area contributed by atoms with E-state index >= 15 is 8.78 Å². The van der Waals surface area contributed by atoms with Crippen molar-refractivity contribution >= 4 is 21.9 Å². The van der Waals surface area contributed by atoms with Crippen LogP contribution in [0.5, 0.6) is 0 Å². The summed E-state index contributed by atoms with van der Waals surface area (Å²) in [5, 5.41) is 2.04. The van der Waals surface area contributed by atoms with Crippen LogP contribution in [0.25, 0.3) is 44.3 Å². The van der Waals surface area contributed by atoms with Crippen LogP contribution >= 0.6 is 0 Å². The zero-order valence-electron chi connectivity index (χ0n) is 28.3. The van der Waals surface area contributed by atoms with Crippen LogP contribution in [-0.2, 0) is 17.9 Å². The molecule has 44 heavy (non-hydrogen) atoms. The number of halogens is 2. The van der Waals surface area contributed by atoms with Crippen molar-refractivity contribution in [2.24, 2.45) is 12.5 Å². The number of benzene rings is 3. The standard InChI is InChI=1S/C40H44F2NO/c1-24-19-20-30-29-17-13-16-28(35(29)44-36(30)32(24)31-18-11-12-23-43(31)8)27-22-21-26(25-14-9-10-15-25)33-34(27)37(2,3)39(6,7)40(41,42)38(33,4)5/h11-13,16-23,25H,9-10,14-15H2,1-8H3/q+1/i25D. The summed E-state index contributed by atoms with van der Waals surface area (Å²) in [7, 11) is 2.04. The van der Waals surface area contributed by atoms with Gasteiger partial charge in [-0.25, -0.2) is 13.3 Å². The Morgan fingerprint density at radius 3 is 2.18 bits per heavy atom. The van der Waals surface area contributed by atoms with Crippen molar-refractivity contribution in [2.75, 3.05) is 0 Å². The third-order valence-corrected chi connectivity index (χ3v) is 11.7. The van der Waals surface area contributed by atoms with Crippen molar-refractivity contribution in [1.29, 1.82) is 0 Å². The van der Waals surface area contributed by atoms with Crippen molar-refractivity contribution in [2.45, 2.75) is 96.8 Å². The average molecular weight is 594 g/mol. The largest absolute Gasteiger partial charge is 0.454 e. The van der Waals surface area contributed by atoms with Crippen molar-refractivity contribution < 1.29 is 19.1 Å². The SMILES string of the molecule is [2H]C1(c2ccc(-c3cccc4c3oc3c(-c5cccc[n+]5C)c(C)ccc34)c3c2C(C)(C)C(F)(F)C(C)(C)C3(C)C)CCCC1. The highest BCUT2D eigenvalue weighted by atomic mass is 19.3. The van der Waals surface area contributed by atoms with Gasteiger partial charge in [0, 0.05) is 40.7 Å². The molecule has 0 radical (unpaired) electrons. The zero-order valence-corrected chi connectivity index (χ0v) is 27.3. The van der Waals surface area contributed by atoms with Crippen molar-refractivity contribution in [3.8, 4) is 22.4 Å². The van der Waals surface area contributed by atoms with Crippen LogP contribution in [0.4, 0.5) is 8.78 Å². The molecule has 228 valence electrons. The molecule has 0 saturated heterocycles. The molecule has 2 aromatic heterocycles. The van der Waals surface area contributed by atoms with Gasteiger partial charge in [0.1, 0.15) is 18.2 Å². The number of aromatic nitrogens is 1. The van der Waals surface area contributed by atoms with E-state index in [2.05, 4.69) is 54.0 Å². The molecule has 4 heteroatoms. The molecule has 0 aliphatic heterocycles. The lowest BCUT2D eigenvalue weighted by atomic mass is 9.47. The fourth-order valence-electron chi connectivity index (χ4n) is 8.41. The van der Waals surface area contributed by atoms with Gasteiger partial charge in [-0.1, -0.05) is 83.0 Å². The van der Waals surface area contributed by atoms with E-state index in [1.54, 1.807) is 27.7 Å². The number of pyridine rings is 1. The molecule has 1 fully saturated rings. The summed E-state index contributed by atoms with van der Waals surface area (Å²) in [5.41, 5.74) is 5.27. The number of nitrogens with zero attached hydrogens (tertiary/aromatic N) is 1. The summed E-state index contributed by atoms with van der Waals surface area (Å²) in [4.78, 5) is 0. The van der Waals surface area contributed by atoms with Gasteiger partial charge in [-0.05, 0) is 73.4 Å². The van der Waals surface area contributed by atoms with Gasteiger partial charge in [-0.15, -0.1) is 0 Å². The molecule has 0 amide bonds. The number of fused-ring (bicyclic) bond motifs is 4. The van der Waals surface area contributed by atoms with Gasteiger partial charge >= 0.3 is 0 Å². The van der Waals surface area contributed by atoms with E-state index in [4.69, 9.17) is 4.42 Å². The first-order chi connectivity index (χ1) is 21.1. The third kappa shape index (κ3) is 3.66. The maximum absolute atomic E-state index is 16.8. The van der Waals surface area contributed by atoms with Crippen molar-refractivity contribution in [1.82, 2.24) is 0 Å². The Kier molecular flexibility index (Phi) is 6.03. The van der Waals surface area contributed by atoms with E-state index < -0.39 is 28.1 Å². The monoisotopic (exact) mass is 593 g/mol. The van der Waals surface area contributed by atoms with Gasteiger partial charge in [-0.2, -0.15) is 0 Å². The van der Waals surface area contributed by atoms with Gasteiger partial charge in [-0.3, -0.25) is 0 Å². The van der Waals surface area contributed by atoms with Crippen LogP contribution in [0.15, 0.2) is 71.3 Å². The highest BCUT2D eigenvalue weighted by Gasteiger charge is 2.68. The lowest BCUT2D eigenvalue weighted by molar-refractivity contribution is -0.660. The Morgan fingerprint density at radius 1 is 0.773 bits per heavy atom. The van der Waals surface area contributed by atoms with Crippen LogP contribution in [0.1, 0.15) is 96.7 Å². The first-order valence-electron chi connectivity index (χ1n) is 16.5. The summed E-state index contributed by atoms with van der Waals surface area (Å²) in [6.45, 7) is 12.9. The number of furan rings is 1. The fourth-order valence-corrected chi connectivity index (χ4v) is 8.41. The molecule has 5 aromatic rings. The second-order valence-electron chi connectivity index (χ2n) is 14.8. The van der Waals surface area contributed by atoms with E-state index in [-0.39, 0.29) is 0 Å². The Labute approximate surface area is 261 Å². The minimum atomic E-state index is -3.01. The molecule has 2 heterocycles. The van der Waals surface area contributed by atoms with Gasteiger partial charge in [0.25, 0.3) is 5.92 Å². The minimum absolute atomic E-state index is 0.659. The van der Waals surface area contributed by atoms with Gasteiger partial charge in [0.2, 0.25) is 5.69 Å². The second-order valence-corrected chi connectivity index (χ2v) is 14.8. The molecule has 1 saturated carbocycles. The molecule has 0 N–H and O–H groups in total. The average Bonchev–Trinajstić information content (AvgIpc) is 3.60. The summed E-state index contributed by atoms with van der Waals surface area (Å²) >= 11 is 0. The van der Waals surface area contributed by atoms with E-state index in [1.165, 1.54) is 0 Å². The molecule has 7 rings (SSSR count). The molecule has 2 nitrogen and oxygen atoms in total. The lowest BCUT2D eigenvalue weighted by Gasteiger charge is -2.59. The topological polar surface area (TPSA) is 17.0 Å². The molecular weight excluding hydrogens is 548 g/mol. The predicted molar refractivity (Wildman–Crippen MR) is 176 cm³/mol. The Bertz CT molecular complexity index is 2010. The molecule has 2 aliphatic rings. The minimum Gasteiger partial charge on any atom is -0.454 e. The maximum atomic E-state index is 16.8. The Morgan fingerprint density at radius 2 is 1.48 bits per heavy atom. The first-order valence-corrected chi connectivity index (χ1v) is 16.0. The quantitative estimate of drug-likeness (QED) is 0.190. The van der Waals surface area contributed by atoms with E-state index in [9.17, 15) is 1.37 Å². The second kappa shape index (κ2) is 9.49. The Hall–Kier alpha value is -3.53. The molecule has 0 unspecified atom stereocenters. The van der Waals surface area contributed by atoms with Crippen LogP contribution in [0.3, 0.4) is 0 Å². The smallest absolute Gasteiger partial charge is 0.262 e. The number of hydrogen-bond acceptors (Lipinski definition) is 1. The summed E-state index contributed by atoms with van der Waals surface area (Å²) in [6, 6.07) is 20.8. The predicted octanol–water partition coefficient (Wildman–Crippen LogP) is 10.9. The zero-order chi connectivity index (χ0) is 32.3. The van der Waals surface area contributed by atoms with Crippen LogP contribution < -0.4 is 4.57 Å². The highest BCUT2D eigenvalue weighted by Crippen LogP contribution is 2.66. The molecule has 2 aliphatic carbocycles. The number of hydrogen-bond donors (Lipinski definition) is 0. The Balaban J connectivity index is 1.60. The number of rotatable bonds is 3. The van der Waals surface area contributed by atoms with Gasteiger partial charge in [0.05, 0.1) is 11.0 Å². The van der Waals surface area contributed by atoms with Crippen molar-refractivity contribution in [3.05, 3.63) is 89.1 Å². The van der Waals surface area contributed by atoms with E-state index in [0.717, 1.165) is 73.9 Å². The summed E-state index contributed by atoms with van der Waals surface area (Å²) in [6.07, 6.45) is 5.33. The number of alkyl halides is 2. The van der Waals surface area contributed by atoms with Gasteiger partial charge < -0.3 is 4.42 Å². The van der Waals surface area contributed by atoms with Crippen LogP contribution in [0, 0.1) is 12.3 Å². The van der Waals surface area contributed by atoms with E-state index in [0.29, 0.717) is 18.4 Å².